The lowest BCUT2D eigenvalue weighted by atomic mass is 10.1. The molecule has 4 heteroatoms. The van der Waals surface area contributed by atoms with E-state index < -0.39 is 0 Å². The van der Waals surface area contributed by atoms with Gasteiger partial charge in [0.1, 0.15) is 0 Å². The SMILES string of the molecule is N=C(C1CCCC1)N1CCN(c2ccccc2Cl)CC1. The molecule has 3 rings (SSSR count). The number of benzene rings is 1. The van der Waals surface area contributed by atoms with Crippen molar-refractivity contribution in [3.8, 4) is 0 Å². The van der Waals surface area contributed by atoms with Gasteiger partial charge in [0.2, 0.25) is 0 Å². The predicted molar refractivity (Wildman–Crippen MR) is 84.9 cm³/mol. The van der Waals surface area contributed by atoms with Crippen LogP contribution < -0.4 is 4.90 Å². The first-order valence-corrected chi connectivity index (χ1v) is 7.96. The topological polar surface area (TPSA) is 30.3 Å². The Morgan fingerprint density at radius 1 is 1.05 bits per heavy atom. The molecular formula is C16H22ClN3. The summed E-state index contributed by atoms with van der Waals surface area (Å²) in [5, 5.41) is 9.20. The van der Waals surface area contributed by atoms with E-state index in [1.165, 1.54) is 25.7 Å². The van der Waals surface area contributed by atoms with Crippen molar-refractivity contribution >= 4 is 23.1 Å². The van der Waals surface area contributed by atoms with Gasteiger partial charge in [-0.25, -0.2) is 0 Å². The maximum atomic E-state index is 8.37. The third kappa shape index (κ3) is 2.78. The number of hydrogen-bond donors (Lipinski definition) is 1. The Morgan fingerprint density at radius 3 is 2.35 bits per heavy atom. The summed E-state index contributed by atoms with van der Waals surface area (Å²) in [5.41, 5.74) is 1.13. The fourth-order valence-corrected chi connectivity index (χ4v) is 3.61. The van der Waals surface area contributed by atoms with Crippen LogP contribution in [0.1, 0.15) is 25.7 Å². The van der Waals surface area contributed by atoms with E-state index in [0.29, 0.717) is 5.92 Å². The van der Waals surface area contributed by atoms with Crippen molar-refractivity contribution in [3.63, 3.8) is 0 Å². The van der Waals surface area contributed by atoms with Gasteiger partial charge in [-0.3, -0.25) is 5.41 Å². The smallest absolute Gasteiger partial charge is 0.0990 e. The molecule has 0 amide bonds. The maximum absolute atomic E-state index is 8.37. The first-order chi connectivity index (χ1) is 9.75. The molecule has 20 heavy (non-hydrogen) atoms. The molecule has 2 fully saturated rings. The van der Waals surface area contributed by atoms with E-state index in [-0.39, 0.29) is 0 Å². The van der Waals surface area contributed by atoms with Crippen LogP contribution in [0, 0.1) is 11.3 Å². The van der Waals surface area contributed by atoms with E-state index >= 15 is 0 Å². The highest BCUT2D eigenvalue weighted by Crippen LogP contribution is 2.29. The summed E-state index contributed by atoms with van der Waals surface area (Å²) in [6.45, 7) is 3.80. The molecule has 2 aliphatic rings. The van der Waals surface area contributed by atoms with Crippen LogP contribution in [0.5, 0.6) is 0 Å². The molecule has 1 heterocycles. The van der Waals surface area contributed by atoms with E-state index in [1.54, 1.807) is 0 Å². The Bertz CT molecular complexity index is 474. The molecule has 0 radical (unpaired) electrons. The molecule has 0 atom stereocenters. The average Bonchev–Trinajstić information content (AvgIpc) is 3.01. The highest BCUT2D eigenvalue weighted by Gasteiger charge is 2.27. The van der Waals surface area contributed by atoms with Crippen LogP contribution in [0.2, 0.25) is 5.02 Å². The lowest BCUT2D eigenvalue weighted by Crippen LogP contribution is -2.50. The number of rotatable bonds is 2. The van der Waals surface area contributed by atoms with E-state index in [9.17, 15) is 0 Å². The molecule has 1 aliphatic heterocycles. The van der Waals surface area contributed by atoms with E-state index in [0.717, 1.165) is 42.7 Å². The Hall–Kier alpha value is -1.22. The molecule has 1 aromatic carbocycles. The molecule has 3 nitrogen and oxygen atoms in total. The van der Waals surface area contributed by atoms with Crippen molar-refractivity contribution in [2.75, 3.05) is 31.1 Å². The summed E-state index contributed by atoms with van der Waals surface area (Å²) in [5.74, 6) is 1.39. The minimum absolute atomic E-state index is 0.516. The van der Waals surface area contributed by atoms with Gasteiger partial charge in [-0.15, -0.1) is 0 Å². The van der Waals surface area contributed by atoms with Crippen molar-refractivity contribution in [1.29, 1.82) is 5.41 Å². The molecule has 0 bridgehead atoms. The lowest BCUT2D eigenvalue weighted by molar-refractivity contribution is 0.362. The zero-order valence-electron chi connectivity index (χ0n) is 11.8. The Labute approximate surface area is 126 Å². The van der Waals surface area contributed by atoms with Crippen LogP contribution in [0.4, 0.5) is 5.69 Å². The second-order valence-electron chi connectivity index (χ2n) is 5.79. The minimum Gasteiger partial charge on any atom is -0.367 e. The minimum atomic E-state index is 0.516. The predicted octanol–water partition coefficient (Wildman–Crippen LogP) is 3.63. The van der Waals surface area contributed by atoms with Gasteiger partial charge in [-0.05, 0) is 25.0 Å². The number of piperazine rings is 1. The van der Waals surface area contributed by atoms with Crippen LogP contribution >= 0.6 is 11.6 Å². The van der Waals surface area contributed by atoms with E-state index in [1.807, 2.05) is 18.2 Å². The van der Waals surface area contributed by atoms with Crippen LogP contribution in [0.15, 0.2) is 24.3 Å². The third-order valence-electron chi connectivity index (χ3n) is 4.56. The van der Waals surface area contributed by atoms with Gasteiger partial charge < -0.3 is 9.80 Å². The Balaban J connectivity index is 1.59. The number of hydrogen-bond acceptors (Lipinski definition) is 2. The lowest BCUT2D eigenvalue weighted by Gasteiger charge is -2.39. The molecule has 0 spiro atoms. The number of para-hydroxylation sites is 1. The molecule has 0 aromatic heterocycles. The molecule has 1 saturated heterocycles. The number of amidine groups is 1. The Kier molecular flexibility index (Phi) is 4.16. The summed E-state index contributed by atoms with van der Waals surface area (Å²) >= 11 is 6.26. The van der Waals surface area contributed by atoms with Crippen molar-refractivity contribution in [3.05, 3.63) is 29.3 Å². The molecule has 0 unspecified atom stereocenters. The zero-order chi connectivity index (χ0) is 13.9. The number of halogens is 1. The van der Waals surface area contributed by atoms with Gasteiger partial charge in [-0.1, -0.05) is 36.6 Å². The highest BCUT2D eigenvalue weighted by atomic mass is 35.5. The van der Waals surface area contributed by atoms with Gasteiger partial charge in [0, 0.05) is 32.1 Å². The summed E-state index contributed by atoms with van der Waals surface area (Å²) in [4.78, 5) is 4.60. The van der Waals surface area contributed by atoms with Crippen molar-refractivity contribution in [1.82, 2.24) is 4.90 Å². The van der Waals surface area contributed by atoms with E-state index in [2.05, 4.69) is 15.9 Å². The van der Waals surface area contributed by atoms with Crippen molar-refractivity contribution < 1.29 is 0 Å². The van der Waals surface area contributed by atoms with Crippen LogP contribution in [0.25, 0.3) is 0 Å². The zero-order valence-corrected chi connectivity index (χ0v) is 12.6. The molecule has 1 aromatic rings. The van der Waals surface area contributed by atoms with Gasteiger partial charge >= 0.3 is 0 Å². The molecular weight excluding hydrogens is 270 g/mol. The average molecular weight is 292 g/mol. The fourth-order valence-electron chi connectivity index (χ4n) is 3.35. The largest absolute Gasteiger partial charge is 0.367 e. The standard InChI is InChI=1S/C16H22ClN3/c17-14-7-3-4-8-15(14)19-9-11-20(12-10-19)16(18)13-5-1-2-6-13/h3-4,7-8,13,18H,1-2,5-6,9-12H2. The number of nitrogens with zero attached hydrogens (tertiary/aromatic N) is 2. The fraction of sp³-hybridized carbons (Fsp3) is 0.562. The Morgan fingerprint density at radius 2 is 1.70 bits per heavy atom. The van der Waals surface area contributed by atoms with Gasteiger partial charge in [0.05, 0.1) is 16.5 Å². The third-order valence-corrected chi connectivity index (χ3v) is 4.87. The normalized spacial score (nSPS) is 20.4. The first-order valence-electron chi connectivity index (χ1n) is 7.58. The molecule has 108 valence electrons. The van der Waals surface area contributed by atoms with E-state index in [4.69, 9.17) is 17.0 Å². The summed E-state index contributed by atoms with van der Waals surface area (Å²) in [6, 6.07) is 8.04. The van der Waals surface area contributed by atoms with Crippen LogP contribution in [0.3, 0.4) is 0 Å². The number of anilines is 1. The second kappa shape index (κ2) is 6.04. The van der Waals surface area contributed by atoms with Crippen molar-refractivity contribution in [2.45, 2.75) is 25.7 Å². The quantitative estimate of drug-likeness (QED) is 0.666. The summed E-state index contributed by atoms with van der Waals surface area (Å²) in [7, 11) is 0. The van der Waals surface area contributed by atoms with Crippen LogP contribution in [-0.4, -0.2) is 36.9 Å². The first kappa shape index (κ1) is 13.7. The maximum Gasteiger partial charge on any atom is 0.0990 e. The number of nitrogens with one attached hydrogen (secondary N) is 1. The molecule has 1 saturated carbocycles. The monoisotopic (exact) mass is 291 g/mol. The van der Waals surface area contributed by atoms with Gasteiger partial charge in [-0.2, -0.15) is 0 Å². The van der Waals surface area contributed by atoms with Gasteiger partial charge in [0.15, 0.2) is 0 Å². The van der Waals surface area contributed by atoms with Crippen molar-refractivity contribution in [2.24, 2.45) is 5.92 Å². The highest BCUT2D eigenvalue weighted by molar-refractivity contribution is 6.33. The van der Waals surface area contributed by atoms with Gasteiger partial charge in [0.25, 0.3) is 0 Å². The summed E-state index contributed by atoms with van der Waals surface area (Å²) < 4.78 is 0. The molecule has 1 aliphatic carbocycles. The summed E-state index contributed by atoms with van der Waals surface area (Å²) in [6.07, 6.45) is 5.02. The van der Waals surface area contributed by atoms with Crippen LogP contribution in [-0.2, 0) is 0 Å². The second-order valence-corrected chi connectivity index (χ2v) is 6.20. The molecule has 1 N–H and O–H groups in total.